The second kappa shape index (κ2) is 5.88. The van der Waals surface area contributed by atoms with E-state index < -0.39 is 10.0 Å². The van der Waals surface area contributed by atoms with E-state index in [2.05, 4.69) is 5.32 Å². The van der Waals surface area contributed by atoms with Crippen molar-refractivity contribution in [3.8, 4) is 0 Å². The molecule has 0 radical (unpaired) electrons. The maximum absolute atomic E-state index is 11.4. The fourth-order valence-electron chi connectivity index (χ4n) is 3.60. The van der Waals surface area contributed by atoms with Gasteiger partial charge in [-0.2, -0.15) is 0 Å². The van der Waals surface area contributed by atoms with Crippen LogP contribution in [0.25, 0.3) is 0 Å². The van der Waals surface area contributed by atoms with Crippen molar-refractivity contribution in [3.63, 3.8) is 0 Å². The third-order valence-corrected chi connectivity index (χ3v) is 5.93. The molecule has 0 aliphatic heterocycles. The first-order valence-electron chi connectivity index (χ1n) is 7.19. The van der Waals surface area contributed by atoms with Gasteiger partial charge in [-0.3, -0.25) is 0 Å². The van der Waals surface area contributed by atoms with Gasteiger partial charge in [-0.25, -0.2) is 12.7 Å². The number of sulfonamides is 1. The Hall–Kier alpha value is -0.130. The molecule has 1 N–H and O–H groups in total. The fraction of sp³-hybridized carbons (Fsp3) is 1.00. The van der Waals surface area contributed by atoms with Crippen LogP contribution in [0, 0.1) is 11.8 Å². The van der Waals surface area contributed by atoms with Gasteiger partial charge in [0.05, 0.1) is 6.26 Å². The van der Waals surface area contributed by atoms with Crippen LogP contribution >= 0.6 is 0 Å². The molecule has 0 spiro atoms. The lowest BCUT2D eigenvalue weighted by Crippen LogP contribution is -2.37. The summed E-state index contributed by atoms with van der Waals surface area (Å²) >= 11 is 0. The molecule has 3 unspecified atom stereocenters. The smallest absolute Gasteiger partial charge is 0.211 e. The molecule has 0 heterocycles. The predicted octanol–water partition coefficient (Wildman–Crippen LogP) is 1.44. The minimum Gasteiger partial charge on any atom is -0.314 e. The Kier molecular flexibility index (Phi) is 4.67. The second-order valence-electron chi connectivity index (χ2n) is 5.84. The molecule has 2 bridgehead atoms. The fourth-order valence-corrected chi connectivity index (χ4v) is 4.53. The van der Waals surface area contributed by atoms with E-state index in [-0.39, 0.29) is 0 Å². The maximum atomic E-state index is 11.4. The molecule has 106 valence electrons. The van der Waals surface area contributed by atoms with E-state index in [0.717, 1.165) is 24.8 Å². The second-order valence-corrected chi connectivity index (χ2v) is 7.83. The Bertz CT molecular complexity index is 369. The van der Waals surface area contributed by atoms with Crippen molar-refractivity contribution in [2.75, 3.05) is 25.9 Å². The summed E-state index contributed by atoms with van der Waals surface area (Å²) < 4.78 is 24.4. The van der Waals surface area contributed by atoms with Crippen LogP contribution in [0.2, 0.25) is 0 Å². The van der Waals surface area contributed by atoms with Gasteiger partial charge in [-0.15, -0.1) is 0 Å². The number of hydrogen-bond acceptors (Lipinski definition) is 3. The van der Waals surface area contributed by atoms with Gasteiger partial charge in [0.2, 0.25) is 10.0 Å². The van der Waals surface area contributed by atoms with Crippen LogP contribution in [0.1, 0.15) is 39.0 Å². The Morgan fingerprint density at radius 1 is 1.28 bits per heavy atom. The zero-order chi connectivity index (χ0) is 13.2. The summed E-state index contributed by atoms with van der Waals surface area (Å²) in [6.45, 7) is 4.06. The van der Waals surface area contributed by atoms with E-state index in [1.54, 1.807) is 4.31 Å². The van der Waals surface area contributed by atoms with Crippen molar-refractivity contribution < 1.29 is 8.42 Å². The molecule has 2 saturated carbocycles. The Labute approximate surface area is 111 Å². The third kappa shape index (κ3) is 3.45. The van der Waals surface area contributed by atoms with Crippen molar-refractivity contribution >= 4 is 10.0 Å². The van der Waals surface area contributed by atoms with E-state index >= 15 is 0 Å². The van der Waals surface area contributed by atoms with E-state index in [1.165, 1.54) is 31.9 Å². The molecule has 2 rings (SSSR count). The molecule has 0 aromatic heterocycles. The zero-order valence-electron chi connectivity index (χ0n) is 11.6. The summed E-state index contributed by atoms with van der Waals surface area (Å²) in [7, 11) is -3.02. The standard InChI is InChI=1S/C13H26N2O2S/c1-3-15(18(2,16)17)8-4-7-14-13-10-11-5-6-12(13)9-11/h11-14H,3-10H2,1-2H3. The predicted molar refractivity (Wildman–Crippen MR) is 73.9 cm³/mol. The van der Waals surface area contributed by atoms with Gasteiger partial charge < -0.3 is 5.32 Å². The molecular formula is C13H26N2O2S. The number of nitrogens with zero attached hydrogens (tertiary/aromatic N) is 1. The minimum absolute atomic E-state index is 0.576. The maximum Gasteiger partial charge on any atom is 0.211 e. The number of hydrogen-bond donors (Lipinski definition) is 1. The van der Waals surface area contributed by atoms with Crippen LogP contribution in [0.4, 0.5) is 0 Å². The van der Waals surface area contributed by atoms with Crippen LogP contribution in [-0.2, 0) is 10.0 Å². The van der Waals surface area contributed by atoms with Crippen molar-refractivity contribution in [3.05, 3.63) is 0 Å². The monoisotopic (exact) mass is 274 g/mol. The largest absolute Gasteiger partial charge is 0.314 e. The molecule has 0 aromatic rings. The lowest BCUT2D eigenvalue weighted by molar-refractivity contribution is 0.341. The Morgan fingerprint density at radius 3 is 2.56 bits per heavy atom. The van der Waals surface area contributed by atoms with Gasteiger partial charge in [0, 0.05) is 19.1 Å². The average molecular weight is 274 g/mol. The summed E-state index contributed by atoms with van der Waals surface area (Å²) in [5, 5.41) is 3.62. The highest BCUT2D eigenvalue weighted by Crippen LogP contribution is 2.44. The van der Waals surface area contributed by atoms with Crippen molar-refractivity contribution in [1.82, 2.24) is 9.62 Å². The van der Waals surface area contributed by atoms with E-state index in [1.807, 2.05) is 6.92 Å². The normalized spacial score (nSPS) is 31.4. The van der Waals surface area contributed by atoms with Crippen molar-refractivity contribution in [2.45, 2.75) is 45.1 Å². The molecule has 2 aliphatic rings. The van der Waals surface area contributed by atoms with Crippen LogP contribution in [-0.4, -0.2) is 44.7 Å². The molecule has 18 heavy (non-hydrogen) atoms. The summed E-state index contributed by atoms with van der Waals surface area (Å²) in [6, 6.07) is 0.706. The van der Waals surface area contributed by atoms with E-state index in [4.69, 9.17) is 0 Å². The lowest BCUT2D eigenvalue weighted by Gasteiger charge is -2.24. The Morgan fingerprint density at radius 2 is 2.06 bits per heavy atom. The third-order valence-electron chi connectivity index (χ3n) is 4.55. The van der Waals surface area contributed by atoms with Crippen LogP contribution in [0.5, 0.6) is 0 Å². The van der Waals surface area contributed by atoms with Gasteiger partial charge in [0.25, 0.3) is 0 Å². The molecule has 0 aromatic carbocycles. The van der Waals surface area contributed by atoms with Crippen molar-refractivity contribution in [1.29, 1.82) is 0 Å². The highest BCUT2D eigenvalue weighted by atomic mass is 32.2. The summed E-state index contributed by atoms with van der Waals surface area (Å²) in [5.74, 6) is 1.86. The first-order valence-corrected chi connectivity index (χ1v) is 9.04. The highest BCUT2D eigenvalue weighted by Gasteiger charge is 2.38. The molecule has 2 aliphatic carbocycles. The van der Waals surface area contributed by atoms with Crippen LogP contribution in [0.3, 0.4) is 0 Å². The number of rotatable bonds is 7. The molecular weight excluding hydrogens is 248 g/mol. The summed E-state index contributed by atoms with van der Waals surface area (Å²) in [4.78, 5) is 0. The average Bonchev–Trinajstić information content (AvgIpc) is 2.89. The van der Waals surface area contributed by atoms with E-state index in [0.29, 0.717) is 19.1 Å². The molecule has 2 fully saturated rings. The molecule has 0 saturated heterocycles. The van der Waals surface area contributed by atoms with Gasteiger partial charge in [-0.1, -0.05) is 13.3 Å². The summed E-state index contributed by atoms with van der Waals surface area (Å²) in [5.41, 5.74) is 0. The van der Waals surface area contributed by atoms with Gasteiger partial charge in [0.15, 0.2) is 0 Å². The van der Waals surface area contributed by atoms with Gasteiger partial charge in [-0.05, 0) is 44.1 Å². The number of fused-ring (bicyclic) bond motifs is 2. The van der Waals surface area contributed by atoms with Crippen molar-refractivity contribution in [2.24, 2.45) is 11.8 Å². The topological polar surface area (TPSA) is 49.4 Å². The molecule has 0 amide bonds. The quantitative estimate of drug-likeness (QED) is 0.715. The zero-order valence-corrected chi connectivity index (χ0v) is 12.4. The lowest BCUT2D eigenvalue weighted by atomic mass is 9.95. The summed E-state index contributed by atoms with van der Waals surface area (Å²) in [6.07, 6.45) is 7.79. The van der Waals surface area contributed by atoms with Gasteiger partial charge in [0.1, 0.15) is 0 Å². The van der Waals surface area contributed by atoms with Crippen LogP contribution < -0.4 is 5.32 Å². The van der Waals surface area contributed by atoms with E-state index in [9.17, 15) is 8.42 Å². The number of nitrogens with one attached hydrogen (secondary N) is 1. The molecule has 5 heteroatoms. The first-order chi connectivity index (χ1) is 8.50. The molecule has 4 nitrogen and oxygen atoms in total. The minimum atomic E-state index is -3.02. The molecule has 3 atom stereocenters. The van der Waals surface area contributed by atoms with Gasteiger partial charge >= 0.3 is 0 Å². The highest BCUT2D eigenvalue weighted by molar-refractivity contribution is 7.88. The van der Waals surface area contributed by atoms with Crippen LogP contribution in [0.15, 0.2) is 0 Å². The first kappa shape index (κ1) is 14.3. The SMILES string of the molecule is CCN(CCCNC1CC2CCC1C2)S(C)(=O)=O. The Balaban J connectivity index is 1.64.